The van der Waals surface area contributed by atoms with Crippen molar-refractivity contribution in [3.05, 3.63) is 29.3 Å². The van der Waals surface area contributed by atoms with Gasteiger partial charge in [-0.15, -0.1) is 0 Å². The monoisotopic (exact) mass is 333 g/mol. The molecule has 0 fully saturated rings. The van der Waals surface area contributed by atoms with Crippen LogP contribution >= 0.6 is 0 Å². The molecule has 0 aromatic heterocycles. The van der Waals surface area contributed by atoms with Crippen LogP contribution in [0.2, 0.25) is 0 Å². The molecule has 24 heavy (non-hydrogen) atoms. The van der Waals surface area contributed by atoms with E-state index in [2.05, 4.69) is 6.07 Å². The van der Waals surface area contributed by atoms with Crippen molar-refractivity contribution >= 4 is 17.7 Å². The Hall–Kier alpha value is -2.04. The Labute approximate surface area is 143 Å². The molecule has 0 bridgehead atoms. The van der Waals surface area contributed by atoms with Crippen molar-refractivity contribution in [1.29, 1.82) is 0 Å². The Kier molecular flexibility index (Phi) is 5.52. The van der Waals surface area contributed by atoms with E-state index in [9.17, 15) is 9.59 Å². The van der Waals surface area contributed by atoms with E-state index in [0.717, 1.165) is 29.7 Å². The van der Waals surface area contributed by atoms with Gasteiger partial charge < -0.3 is 9.84 Å². The van der Waals surface area contributed by atoms with Crippen LogP contribution in [-0.4, -0.2) is 29.3 Å². The molecule has 0 unspecified atom stereocenters. The Morgan fingerprint density at radius 1 is 1.33 bits per heavy atom. The number of anilines is 1. The number of benzene rings is 1. The number of amides is 1. The zero-order valence-electron chi connectivity index (χ0n) is 15.0. The third-order valence-corrected chi connectivity index (χ3v) is 4.10. The fourth-order valence-electron chi connectivity index (χ4n) is 3.06. The van der Waals surface area contributed by atoms with E-state index in [1.165, 1.54) is 0 Å². The van der Waals surface area contributed by atoms with Crippen LogP contribution in [0.3, 0.4) is 0 Å². The van der Waals surface area contributed by atoms with Gasteiger partial charge in [-0.1, -0.05) is 12.1 Å². The second-order valence-electron chi connectivity index (χ2n) is 7.58. The van der Waals surface area contributed by atoms with Crippen molar-refractivity contribution in [2.45, 2.75) is 59.0 Å². The summed E-state index contributed by atoms with van der Waals surface area (Å²) < 4.78 is 5.56. The highest BCUT2D eigenvalue weighted by atomic mass is 16.6. The summed E-state index contributed by atoms with van der Waals surface area (Å²) in [4.78, 5) is 25.1. The molecule has 0 saturated heterocycles. The first-order valence-electron chi connectivity index (χ1n) is 8.47. The van der Waals surface area contributed by atoms with Gasteiger partial charge in [-0.2, -0.15) is 0 Å². The molecular formula is C19H27NO4. The van der Waals surface area contributed by atoms with Crippen molar-refractivity contribution in [1.82, 2.24) is 0 Å². The third kappa shape index (κ3) is 4.98. The summed E-state index contributed by atoms with van der Waals surface area (Å²) >= 11 is 0. The average molecular weight is 333 g/mol. The molecule has 0 spiro atoms. The molecule has 1 aliphatic heterocycles. The number of aryl methyl sites for hydroxylation is 1. The van der Waals surface area contributed by atoms with Gasteiger partial charge in [0.2, 0.25) is 0 Å². The van der Waals surface area contributed by atoms with Crippen LogP contribution in [0.15, 0.2) is 18.2 Å². The molecule has 1 atom stereocenters. The summed E-state index contributed by atoms with van der Waals surface area (Å²) in [5.74, 6) is -0.516. The van der Waals surface area contributed by atoms with E-state index in [1.54, 1.807) is 4.90 Å². The molecule has 0 aliphatic carbocycles. The highest BCUT2D eigenvalue weighted by molar-refractivity contribution is 5.89. The summed E-state index contributed by atoms with van der Waals surface area (Å²) in [6, 6.07) is 6.13. The molecule has 1 heterocycles. The molecule has 132 valence electrons. The minimum atomic E-state index is -0.772. The molecule has 2 rings (SSSR count). The van der Waals surface area contributed by atoms with Crippen LogP contribution in [-0.2, 0) is 16.0 Å². The normalized spacial score (nSPS) is 17.3. The first-order chi connectivity index (χ1) is 11.2. The Morgan fingerprint density at radius 2 is 2.04 bits per heavy atom. The SMILES string of the molecule is Cc1ccc2c(c1)N(C(=O)OC(C)(C)C)C[C@H](CCCC(=O)O)C2. The van der Waals surface area contributed by atoms with Crippen LogP contribution in [0.1, 0.15) is 51.2 Å². The van der Waals surface area contributed by atoms with Crippen molar-refractivity contribution in [2.24, 2.45) is 5.92 Å². The maximum atomic E-state index is 12.6. The topological polar surface area (TPSA) is 66.8 Å². The quantitative estimate of drug-likeness (QED) is 0.898. The van der Waals surface area contributed by atoms with Crippen LogP contribution < -0.4 is 4.90 Å². The lowest BCUT2D eigenvalue weighted by Gasteiger charge is -2.36. The van der Waals surface area contributed by atoms with E-state index < -0.39 is 11.6 Å². The number of fused-ring (bicyclic) bond motifs is 1. The summed E-state index contributed by atoms with van der Waals surface area (Å²) in [6.07, 6.45) is 2.12. The number of carbonyl (C=O) groups is 2. The smallest absolute Gasteiger partial charge is 0.414 e. The highest BCUT2D eigenvalue weighted by Gasteiger charge is 2.31. The first kappa shape index (κ1) is 18.3. The second kappa shape index (κ2) is 7.24. The molecular weight excluding hydrogens is 306 g/mol. The average Bonchev–Trinajstić information content (AvgIpc) is 2.44. The molecule has 1 aromatic rings. The highest BCUT2D eigenvalue weighted by Crippen LogP contribution is 2.33. The fourth-order valence-corrected chi connectivity index (χ4v) is 3.06. The number of ether oxygens (including phenoxy) is 1. The van der Waals surface area contributed by atoms with Crippen molar-refractivity contribution in [3.63, 3.8) is 0 Å². The predicted molar refractivity (Wildman–Crippen MR) is 93.4 cm³/mol. The number of nitrogens with zero attached hydrogens (tertiary/aromatic N) is 1. The number of rotatable bonds is 4. The minimum Gasteiger partial charge on any atom is -0.481 e. The van der Waals surface area contributed by atoms with Gasteiger partial charge in [0.25, 0.3) is 0 Å². The van der Waals surface area contributed by atoms with E-state index in [4.69, 9.17) is 9.84 Å². The van der Waals surface area contributed by atoms with E-state index in [1.807, 2.05) is 39.8 Å². The lowest BCUT2D eigenvalue weighted by molar-refractivity contribution is -0.137. The molecule has 1 amide bonds. The van der Waals surface area contributed by atoms with Crippen molar-refractivity contribution in [3.8, 4) is 0 Å². The van der Waals surface area contributed by atoms with Gasteiger partial charge in [-0.3, -0.25) is 9.69 Å². The van der Waals surface area contributed by atoms with Crippen molar-refractivity contribution < 1.29 is 19.4 Å². The molecule has 0 radical (unpaired) electrons. The molecule has 1 N–H and O–H groups in total. The number of hydrogen-bond acceptors (Lipinski definition) is 3. The van der Waals surface area contributed by atoms with E-state index in [0.29, 0.717) is 13.0 Å². The molecule has 5 heteroatoms. The second-order valence-corrected chi connectivity index (χ2v) is 7.58. The number of carbonyl (C=O) groups excluding carboxylic acids is 1. The Balaban J connectivity index is 2.19. The van der Waals surface area contributed by atoms with Gasteiger partial charge in [0.1, 0.15) is 5.60 Å². The van der Waals surface area contributed by atoms with Gasteiger partial charge in [-0.05, 0) is 70.1 Å². The molecule has 1 aromatic carbocycles. The summed E-state index contributed by atoms with van der Waals surface area (Å²) in [6.45, 7) is 8.15. The summed E-state index contributed by atoms with van der Waals surface area (Å²) in [5, 5.41) is 8.81. The van der Waals surface area contributed by atoms with Gasteiger partial charge in [0.15, 0.2) is 0 Å². The van der Waals surface area contributed by atoms with Gasteiger partial charge in [0.05, 0.1) is 5.69 Å². The number of hydrogen-bond donors (Lipinski definition) is 1. The van der Waals surface area contributed by atoms with Gasteiger partial charge in [0, 0.05) is 13.0 Å². The predicted octanol–water partition coefficient (Wildman–Crippen LogP) is 4.16. The minimum absolute atomic E-state index is 0.170. The van der Waals surface area contributed by atoms with Gasteiger partial charge >= 0.3 is 12.1 Å². The lowest BCUT2D eigenvalue weighted by Crippen LogP contribution is -2.43. The summed E-state index contributed by atoms with van der Waals surface area (Å²) in [5.41, 5.74) is 2.60. The molecule has 0 saturated carbocycles. The van der Waals surface area contributed by atoms with Crippen molar-refractivity contribution in [2.75, 3.05) is 11.4 Å². The fraction of sp³-hybridized carbons (Fsp3) is 0.579. The van der Waals surface area contributed by atoms with E-state index in [-0.39, 0.29) is 18.4 Å². The third-order valence-electron chi connectivity index (χ3n) is 4.10. The zero-order valence-corrected chi connectivity index (χ0v) is 15.0. The largest absolute Gasteiger partial charge is 0.481 e. The van der Waals surface area contributed by atoms with Crippen LogP contribution in [0.25, 0.3) is 0 Å². The lowest BCUT2D eigenvalue weighted by atomic mass is 9.88. The maximum Gasteiger partial charge on any atom is 0.414 e. The molecule has 5 nitrogen and oxygen atoms in total. The van der Waals surface area contributed by atoms with Crippen LogP contribution in [0.5, 0.6) is 0 Å². The standard InChI is InChI=1S/C19H27NO4/c1-13-8-9-15-11-14(6-5-7-17(21)22)12-20(16(15)10-13)18(23)24-19(2,3)4/h8-10,14H,5-7,11-12H2,1-4H3,(H,21,22)/t14-/m1/s1. The van der Waals surface area contributed by atoms with Crippen LogP contribution in [0, 0.1) is 12.8 Å². The van der Waals surface area contributed by atoms with Gasteiger partial charge in [-0.25, -0.2) is 4.79 Å². The molecule has 1 aliphatic rings. The van der Waals surface area contributed by atoms with E-state index >= 15 is 0 Å². The first-order valence-corrected chi connectivity index (χ1v) is 8.47. The van der Waals surface area contributed by atoms with Crippen LogP contribution in [0.4, 0.5) is 10.5 Å². The summed E-state index contributed by atoms with van der Waals surface area (Å²) in [7, 11) is 0. The zero-order chi connectivity index (χ0) is 17.9. The maximum absolute atomic E-state index is 12.6. The Bertz CT molecular complexity index is 618. The number of carboxylic acids is 1. The number of aliphatic carboxylic acids is 1. The number of carboxylic acid groups (broad SMARTS) is 1. The Morgan fingerprint density at radius 3 is 2.67 bits per heavy atom.